The minimum Gasteiger partial charge on any atom is -0.477 e. The van der Waals surface area contributed by atoms with Gasteiger partial charge in [0.25, 0.3) is 0 Å². The van der Waals surface area contributed by atoms with Crippen LogP contribution < -0.4 is 5.32 Å². The molecule has 0 saturated carbocycles. The van der Waals surface area contributed by atoms with E-state index in [2.05, 4.69) is 48.8 Å². The highest BCUT2D eigenvalue weighted by Gasteiger charge is 2.05. The average Bonchev–Trinajstić information content (AvgIpc) is 2.33. The van der Waals surface area contributed by atoms with Gasteiger partial charge in [-0.25, -0.2) is 9.78 Å². The topological polar surface area (TPSA) is 62.2 Å². The van der Waals surface area contributed by atoms with E-state index in [1.165, 1.54) is 12.3 Å². The predicted molar refractivity (Wildman–Crippen MR) is 81.3 cm³/mol. The Hall–Kier alpha value is -1.15. The van der Waals surface area contributed by atoms with Gasteiger partial charge in [-0.1, -0.05) is 0 Å². The number of anilines is 2. The molecule has 0 bridgehead atoms. The molecule has 0 aliphatic carbocycles. The van der Waals surface area contributed by atoms with E-state index in [0.29, 0.717) is 0 Å². The van der Waals surface area contributed by atoms with Gasteiger partial charge in [-0.2, -0.15) is 0 Å². The molecule has 1 aromatic heterocycles. The average molecular weight is 419 g/mol. The minimum absolute atomic E-state index is 0.0298. The van der Waals surface area contributed by atoms with Crippen molar-refractivity contribution in [1.29, 1.82) is 0 Å². The van der Waals surface area contributed by atoms with Gasteiger partial charge in [0.15, 0.2) is 0 Å². The number of carbonyl (C=O) groups is 1. The van der Waals surface area contributed by atoms with E-state index < -0.39 is 5.97 Å². The molecule has 1 heterocycles. The normalized spacial score (nSPS) is 10.1. The van der Waals surface area contributed by atoms with Crippen molar-refractivity contribution in [2.24, 2.45) is 0 Å². The molecule has 0 unspecified atom stereocenters. The lowest BCUT2D eigenvalue weighted by molar-refractivity contribution is 0.0690. The highest BCUT2D eigenvalue weighted by atomic mass is 127. The fraction of sp³-hybridized carbons (Fsp3) is 0. The van der Waals surface area contributed by atoms with Crippen LogP contribution in [0.1, 0.15) is 10.5 Å². The summed E-state index contributed by atoms with van der Waals surface area (Å²) < 4.78 is 2.07. The summed E-state index contributed by atoms with van der Waals surface area (Å²) in [5.41, 5.74) is 1.67. The van der Waals surface area contributed by atoms with Crippen molar-refractivity contribution < 1.29 is 9.90 Å². The molecule has 0 saturated heterocycles. The van der Waals surface area contributed by atoms with Crippen LogP contribution in [0.3, 0.4) is 0 Å². The van der Waals surface area contributed by atoms with Crippen LogP contribution in [0.4, 0.5) is 11.4 Å². The zero-order chi connectivity index (χ0) is 13.1. The molecule has 2 aromatic rings. The van der Waals surface area contributed by atoms with Gasteiger partial charge in [-0.3, -0.25) is 0 Å². The molecule has 0 amide bonds. The molecular weight excluding hydrogens is 411 g/mol. The number of hydrogen-bond acceptors (Lipinski definition) is 3. The second-order valence-electron chi connectivity index (χ2n) is 3.49. The van der Waals surface area contributed by atoms with Crippen molar-refractivity contribution >= 4 is 55.9 Å². The van der Waals surface area contributed by atoms with E-state index in [9.17, 15) is 4.79 Å². The van der Waals surface area contributed by atoms with Crippen LogP contribution in [-0.2, 0) is 0 Å². The third-order valence-corrected chi connectivity index (χ3v) is 3.52. The summed E-state index contributed by atoms with van der Waals surface area (Å²) in [6, 6.07) is 9.05. The number of aromatic carboxylic acids is 1. The van der Waals surface area contributed by atoms with Crippen LogP contribution in [0.15, 0.2) is 41.0 Å². The fourth-order valence-corrected chi connectivity index (χ4v) is 2.74. The number of carboxylic acid groups (broad SMARTS) is 1. The minimum atomic E-state index is -1.03. The molecule has 0 aliphatic heterocycles. The highest BCUT2D eigenvalue weighted by molar-refractivity contribution is 14.1. The largest absolute Gasteiger partial charge is 0.477 e. The first-order chi connectivity index (χ1) is 8.56. The van der Waals surface area contributed by atoms with Crippen molar-refractivity contribution in [2.45, 2.75) is 0 Å². The first-order valence-electron chi connectivity index (χ1n) is 4.97. The van der Waals surface area contributed by atoms with E-state index in [0.717, 1.165) is 19.4 Å². The molecule has 18 heavy (non-hydrogen) atoms. The molecule has 0 spiro atoms. The molecule has 0 radical (unpaired) electrons. The molecule has 2 N–H and O–H groups in total. The van der Waals surface area contributed by atoms with E-state index >= 15 is 0 Å². The lowest BCUT2D eigenvalue weighted by Gasteiger charge is -2.08. The molecule has 6 heteroatoms. The molecule has 1 aromatic carbocycles. The maximum absolute atomic E-state index is 10.7. The lowest BCUT2D eigenvalue weighted by atomic mass is 10.3. The number of carboxylic acids is 1. The van der Waals surface area contributed by atoms with Crippen molar-refractivity contribution in [2.75, 3.05) is 5.32 Å². The summed E-state index contributed by atoms with van der Waals surface area (Å²) in [6.07, 6.45) is 1.49. The smallest absolute Gasteiger partial charge is 0.354 e. The van der Waals surface area contributed by atoms with Crippen LogP contribution in [0.2, 0.25) is 0 Å². The molecule has 92 valence electrons. The van der Waals surface area contributed by atoms with Gasteiger partial charge < -0.3 is 10.4 Å². The third kappa shape index (κ3) is 3.20. The molecule has 0 aliphatic rings. The lowest BCUT2D eigenvalue weighted by Crippen LogP contribution is -2.00. The molecule has 0 fully saturated rings. The number of hydrogen-bond donors (Lipinski definition) is 2. The number of pyridine rings is 1. The standard InChI is InChI=1S/C12H8BrIN2O2/c13-9-5-7(14)1-3-10(9)16-8-2-4-11(12(17)18)15-6-8/h1-6,16H,(H,17,18). The summed E-state index contributed by atoms with van der Waals surface area (Å²) in [7, 11) is 0. The second-order valence-corrected chi connectivity index (χ2v) is 5.59. The maximum Gasteiger partial charge on any atom is 0.354 e. The Labute approximate surface area is 126 Å². The Morgan fingerprint density at radius 3 is 2.67 bits per heavy atom. The van der Waals surface area contributed by atoms with Gasteiger partial charge in [-0.15, -0.1) is 0 Å². The van der Waals surface area contributed by atoms with Crippen LogP contribution in [0, 0.1) is 3.57 Å². The zero-order valence-electron chi connectivity index (χ0n) is 9.02. The third-order valence-electron chi connectivity index (χ3n) is 2.19. The Bertz CT molecular complexity index is 587. The van der Waals surface area contributed by atoms with Gasteiger partial charge in [0.1, 0.15) is 5.69 Å². The summed E-state index contributed by atoms with van der Waals surface area (Å²) in [5, 5.41) is 11.9. The highest BCUT2D eigenvalue weighted by Crippen LogP contribution is 2.27. The molecular formula is C12H8BrIN2O2. The summed E-state index contributed by atoms with van der Waals surface area (Å²) in [4.78, 5) is 14.5. The van der Waals surface area contributed by atoms with E-state index in [1.807, 2.05) is 18.2 Å². The van der Waals surface area contributed by atoms with Crippen LogP contribution in [0.5, 0.6) is 0 Å². The van der Waals surface area contributed by atoms with Crippen molar-refractivity contribution in [3.8, 4) is 0 Å². The van der Waals surface area contributed by atoms with Crippen molar-refractivity contribution in [3.63, 3.8) is 0 Å². The van der Waals surface area contributed by atoms with Gasteiger partial charge >= 0.3 is 5.97 Å². The number of halogens is 2. The number of nitrogens with one attached hydrogen (secondary N) is 1. The first kappa shape index (κ1) is 13.3. The Morgan fingerprint density at radius 2 is 2.11 bits per heavy atom. The van der Waals surface area contributed by atoms with E-state index in [4.69, 9.17) is 5.11 Å². The van der Waals surface area contributed by atoms with Gasteiger partial charge in [0.2, 0.25) is 0 Å². The monoisotopic (exact) mass is 418 g/mol. The summed E-state index contributed by atoms with van der Waals surface area (Å²) in [6.45, 7) is 0. The number of rotatable bonds is 3. The first-order valence-corrected chi connectivity index (χ1v) is 6.85. The van der Waals surface area contributed by atoms with Gasteiger partial charge in [0.05, 0.1) is 17.6 Å². The Balaban J connectivity index is 2.21. The maximum atomic E-state index is 10.7. The second kappa shape index (κ2) is 5.66. The van der Waals surface area contributed by atoms with Crippen molar-refractivity contribution in [3.05, 3.63) is 50.3 Å². The van der Waals surface area contributed by atoms with E-state index in [-0.39, 0.29) is 5.69 Å². The molecule has 0 atom stereocenters. The summed E-state index contributed by atoms with van der Waals surface area (Å²) >= 11 is 5.69. The Morgan fingerprint density at radius 1 is 1.33 bits per heavy atom. The van der Waals surface area contributed by atoms with Crippen LogP contribution in [0.25, 0.3) is 0 Å². The fourth-order valence-electron chi connectivity index (χ4n) is 1.34. The van der Waals surface area contributed by atoms with Gasteiger partial charge in [0, 0.05) is 8.04 Å². The Kier molecular flexibility index (Phi) is 4.18. The number of benzene rings is 1. The van der Waals surface area contributed by atoms with Crippen molar-refractivity contribution in [1.82, 2.24) is 4.98 Å². The SMILES string of the molecule is O=C(O)c1ccc(Nc2ccc(I)cc2Br)cn1. The van der Waals surface area contributed by atoms with E-state index in [1.54, 1.807) is 6.07 Å². The summed E-state index contributed by atoms with van der Waals surface area (Å²) in [5.74, 6) is -1.03. The zero-order valence-corrected chi connectivity index (χ0v) is 12.8. The molecule has 4 nitrogen and oxygen atoms in total. The predicted octanol–water partition coefficient (Wildman–Crippen LogP) is 3.89. The van der Waals surface area contributed by atoms with Crippen LogP contribution in [-0.4, -0.2) is 16.1 Å². The quantitative estimate of drug-likeness (QED) is 0.742. The van der Waals surface area contributed by atoms with Gasteiger partial charge in [-0.05, 0) is 68.9 Å². The number of nitrogens with zero attached hydrogens (tertiary/aromatic N) is 1. The number of aromatic nitrogens is 1. The van der Waals surface area contributed by atoms with Crippen LogP contribution >= 0.6 is 38.5 Å². The molecule has 2 rings (SSSR count).